The Hall–Kier alpha value is -2.73. The third-order valence-corrected chi connectivity index (χ3v) is 7.33. The van der Waals surface area contributed by atoms with E-state index in [0.717, 1.165) is 0 Å². The van der Waals surface area contributed by atoms with Crippen LogP contribution in [0.2, 0.25) is 10.0 Å². The minimum absolute atomic E-state index is 0.108. The third kappa shape index (κ3) is 7.13. The van der Waals surface area contributed by atoms with E-state index in [1.54, 1.807) is 6.07 Å². The summed E-state index contributed by atoms with van der Waals surface area (Å²) < 4.78 is 31.6. The maximum atomic E-state index is 12.7. The summed E-state index contributed by atoms with van der Waals surface area (Å²) in [6.45, 7) is 0.174. The summed E-state index contributed by atoms with van der Waals surface area (Å²) in [6, 6.07) is 8.94. The van der Waals surface area contributed by atoms with Crippen molar-refractivity contribution in [3.63, 3.8) is 0 Å². The van der Waals surface area contributed by atoms with Crippen LogP contribution in [-0.4, -0.2) is 73.2 Å². The van der Waals surface area contributed by atoms with Crippen LogP contribution in [0.3, 0.4) is 0 Å². The van der Waals surface area contributed by atoms with E-state index in [1.807, 2.05) is 0 Å². The molecule has 0 radical (unpaired) electrons. The van der Waals surface area contributed by atoms with Crippen molar-refractivity contribution in [3.8, 4) is 0 Å². The van der Waals surface area contributed by atoms with Crippen LogP contribution in [0.15, 0.2) is 47.5 Å². The molecule has 0 bridgehead atoms. The number of esters is 1. The number of sulfonamides is 1. The van der Waals surface area contributed by atoms with Crippen LogP contribution in [0.25, 0.3) is 0 Å². The third-order valence-electron chi connectivity index (χ3n) is 4.94. The number of piperazine rings is 1. The second kappa shape index (κ2) is 11.6. The highest BCUT2D eigenvalue weighted by atomic mass is 35.5. The standard InChI is InChI=1S/C21H22Cl2N4O6S/c22-15-1-4-17(5-2-15)34(31,32)27-11-9-26(10-12-27)20(29)7-8-21(30)33-14-19(28)25-18-6-3-16(23)13-24-18/h1-6,13H,7-12,14H2,(H,24,25,28). The molecular formula is C21H22Cl2N4O6S. The SMILES string of the molecule is O=C(COC(=O)CCC(=O)N1CCN(S(=O)(=O)c2ccc(Cl)cc2)CC1)Nc1ccc(Cl)cn1. The monoisotopic (exact) mass is 528 g/mol. The average molecular weight is 529 g/mol. The lowest BCUT2D eigenvalue weighted by Gasteiger charge is -2.34. The highest BCUT2D eigenvalue weighted by Gasteiger charge is 2.30. The zero-order valence-electron chi connectivity index (χ0n) is 17.9. The first-order valence-corrected chi connectivity index (χ1v) is 12.5. The number of halogens is 2. The van der Waals surface area contributed by atoms with E-state index in [2.05, 4.69) is 10.3 Å². The summed E-state index contributed by atoms with van der Waals surface area (Å²) in [6.07, 6.45) is 1.05. The predicted octanol–water partition coefficient (Wildman–Crippen LogP) is 2.18. The Morgan fingerprint density at radius 2 is 1.59 bits per heavy atom. The highest BCUT2D eigenvalue weighted by Crippen LogP contribution is 2.20. The molecule has 0 saturated carbocycles. The van der Waals surface area contributed by atoms with Crippen LogP contribution < -0.4 is 5.32 Å². The molecule has 1 N–H and O–H groups in total. The molecule has 13 heteroatoms. The zero-order chi connectivity index (χ0) is 24.7. The van der Waals surface area contributed by atoms with Gasteiger partial charge in [-0.25, -0.2) is 13.4 Å². The second-order valence-corrected chi connectivity index (χ2v) is 10.1. The quantitative estimate of drug-likeness (QED) is 0.520. The largest absolute Gasteiger partial charge is 0.456 e. The van der Waals surface area contributed by atoms with Crippen LogP contribution in [-0.2, 0) is 29.1 Å². The number of nitrogens with zero attached hydrogens (tertiary/aromatic N) is 3. The fraction of sp³-hybridized carbons (Fsp3) is 0.333. The maximum absolute atomic E-state index is 12.7. The van der Waals surface area contributed by atoms with Crippen molar-refractivity contribution in [2.75, 3.05) is 38.1 Å². The maximum Gasteiger partial charge on any atom is 0.306 e. The number of nitrogens with one attached hydrogen (secondary N) is 1. The zero-order valence-corrected chi connectivity index (χ0v) is 20.3. The molecule has 3 rings (SSSR count). The Bertz CT molecular complexity index is 1130. The Morgan fingerprint density at radius 1 is 0.941 bits per heavy atom. The molecule has 0 aliphatic carbocycles. The van der Waals surface area contributed by atoms with E-state index in [1.165, 1.54) is 45.7 Å². The Kier molecular flexibility index (Phi) is 8.84. The summed E-state index contributed by atoms with van der Waals surface area (Å²) in [4.78, 5) is 41.7. The van der Waals surface area contributed by atoms with Crippen LogP contribution in [0.1, 0.15) is 12.8 Å². The van der Waals surface area contributed by atoms with Gasteiger partial charge in [-0.2, -0.15) is 4.31 Å². The molecule has 10 nitrogen and oxygen atoms in total. The number of pyridine rings is 1. The van der Waals surface area contributed by atoms with Crippen molar-refractivity contribution < 1.29 is 27.5 Å². The molecule has 0 spiro atoms. The minimum Gasteiger partial charge on any atom is -0.456 e. The van der Waals surface area contributed by atoms with Gasteiger partial charge in [0.2, 0.25) is 15.9 Å². The van der Waals surface area contributed by atoms with Crippen molar-refractivity contribution in [2.45, 2.75) is 17.7 Å². The molecule has 1 aromatic heterocycles. The van der Waals surface area contributed by atoms with Gasteiger partial charge in [-0.15, -0.1) is 0 Å². The van der Waals surface area contributed by atoms with Crippen LogP contribution in [0.5, 0.6) is 0 Å². The molecule has 1 aliphatic rings. The van der Waals surface area contributed by atoms with Crippen molar-refractivity contribution in [3.05, 3.63) is 52.6 Å². The molecule has 2 aromatic rings. The lowest BCUT2D eigenvalue weighted by atomic mass is 10.2. The summed E-state index contributed by atoms with van der Waals surface area (Å²) in [5.74, 6) is -1.31. The molecule has 0 unspecified atom stereocenters. The number of hydrogen-bond donors (Lipinski definition) is 1. The van der Waals surface area contributed by atoms with Gasteiger partial charge in [0, 0.05) is 43.8 Å². The van der Waals surface area contributed by atoms with Gasteiger partial charge in [-0.3, -0.25) is 14.4 Å². The van der Waals surface area contributed by atoms with Gasteiger partial charge in [0.05, 0.1) is 16.3 Å². The summed E-state index contributed by atoms with van der Waals surface area (Å²) >= 11 is 11.5. The number of benzene rings is 1. The smallest absolute Gasteiger partial charge is 0.306 e. The van der Waals surface area contributed by atoms with Gasteiger partial charge in [0.1, 0.15) is 5.82 Å². The number of ether oxygens (including phenoxy) is 1. The van der Waals surface area contributed by atoms with E-state index in [-0.39, 0.29) is 55.6 Å². The van der Waals surface area contributed by atoms with Gasteiger partial charge in [-0.05, 0) is 36.4 Å². The molecule has 2 heterocycles. The highest BCUT2D eigenvalue weighted by molar-refractivity contribution is 7.89. The second-order valence-electron chi connectivity index (χ2n) is 7.31. The number of hydrogen-bond acceptors (Lipinski definition) is 7. The van der Waals surface area contributed by atoms with Gasteiger partial charge in [-0.1, -0.05) is 23.2 Å². The number of aromatic nitrogens is 1. The number of carbonyl (C=O) groups excluding carboxylic acids is 3. The fourth-order valence-electron chi connectivity index (χ4n) is 3.15. The molecule has 34 heavy (non-hydrogen) atoms. The molecule has 182 valence electrons. The minimum atomic E-state index is -3.68. The first-order valence-electron chi connectivity index (χ1n) is 10.3. The number of anilines is 1. The molecule has 1 aliphatic heterocycles. The summed E-state index contributed by atoms with van der Waals surface area (Å²) in [5.41, 5.74) is 0. The summed E-state index contributed by atoms with van der Waals surface area (Å²) in [5, 5.41) is 3.30. The lowest BCUT2D eigenvalue weighted by Crippen LogP contribution is -2.50. The van der Waals surface area contributed by atoms with Crippen molar-refractivity contribution in [1.29, 1.82) is 0 Å². The first-order chi connectivity index (χ1) is 16.1. The van der Waals surface area contributed by atoms with E-state index in [4.69, 9.17) is 27.9 Å². The average Bonchev–Trinajstić information content (AvgIpc) is 2.83. The van der Waals surface area contributed by atoms with Crippen LogP contribution in [0, 0.1) is 0 Å². The van der Waals surface area contributed by atoms with Crippen LogP contribution >= 0.6 is 23.2 Å². The van der Waals surface area contributed by atoms with E-state index >= 15 is 0 Å². The van der Waals surface area contributed by atoms with Crippen molar-refractivity contribution in [2.24, 2.45) is 0 Å². The molecule has 1 fully saturated rings. The molecule has 1 aromatic carbocycles. The Morgan fingerprint density at radius 3 is 2.21 bits per heavy atom. The normalized spacial score (nSPS) is 14.5. The number of rotatable bonds is 8. The predicted molar refractivity (Wildman–Crippen MR) is 125 cm³/mol. The summed E-state index contributed by atoms with van der Waals surface area (Å²) in [7, 11) is -3.68. The molecular weight excluding hydrogens is 507 g/mol. The van der Waals surface area contributed by atoms with Crippen molar-refractivity contribution in [1.82, 2.24) is 14.2 Å². The van der Waals surface area contributed by atoms with E-state index in [0.29, 0.717) is 10.0 Å². The molecule has 1 saturated heterocycles. The fourth-order valence-corrected chi connectivity index (χ4v) is 4.81. The van der Waals surface area contributed by atoms with Crippen LogP contribution in [0.4, 0.5) is 5.82 Å². The van der Waals surface area contributed by atoms with Gasteiger partial charge < -0.3 is 15.0 Å². The number of amides is 2. The first kappa shape index (κ1) is 25.9. The van der Waals surface area contributed by atoms with Gasteiger partial charge in [0.25, 0.3) is 5.91 Å². The molecule has 0 atom stereocenters. The lowest BCUT2D eigenvalue weighted by molar-refractivity contribution is -0.149. The molecule has 2 amide bonds. The van der Waals surface area contributed by atoms with Gasteiger partial charge >= 0.3 is 5.97 Å². The van der Waals surface area contributed by atoms with E-state index in [9.17, 15) is 22.8 Å². The Labute approximate surface area is 206 Å². The Balaban J connectivity index is 1.38. The van der Waals surface area contributed by atoms with E-state index < -0.39 is 28.5 Å². The van der Waals surface area contributed by atoms with Gasteiger partial charge in [0.15, 0.2) is 6.61 Å². The van der Waals surface area contributed by atoms with Crippen molar-refractivity contribution >= 4 is 56.8 Å². The topological polar surface area (TPSA) is 126 Å². The number of carbonyl (C=O) groups is 3.